The minimum Gasteiger partial charge on any atom is -0.390 e. The first-order valence-electron chi connectivity index (χ1n) is 4.56. The van der Waals surface area contributed by atoms with E-state index in [0.29, 0.717) is 0 Å². The van der Waals surface area contributed by atoms with Gasteiger partial charge in [-0.05, 0) is 0 Å². The molecule has 0 spiro atoms. The zero-order chi connectivity index (χ0) is 14.9. The summed E-state index contributed by atoms with van der Waals surface area (Å²) in [7, 11) is -4.64. The lowest BCUT2D eigenvalue weighted by atomic mass is 10.0. The molecule has 18 heavy (non-hydrogen) atoms. The summed E-state index contributed by atoms with van der Waals surface area (Å²) in [6.07, 6.45) is -6.27. The van der Waals surface area contributed by atoms with Crippen LogP contribution in [0.3, 0.4) is 0 Å². The summed E-state index contributed by atoms with van der Waals surface area (Å²) in [4.78, 5) is 21.6. The lowest BCUT2D eigenvalue weighted by molar-refractivity contribution is -0.0902. The summed E-state index contributed by atoms with van der Waals surface area (Å²) in [5.74, 6) is 0. The minimum atomic E-state index is -4.64. The number of phosphoric acid groups is 1. The van der Waals surface area contributed by atoms with Crippen LogP contribution in [-0.2, 0) is 4.57 Å². The molecule has 0 fully saturated rings. The standard InChI is InChI=1S/C7H13FO4S.H3O4P/c8-2-1-4(9)6(11)7(12)5(10)3-13;1-5(2,3)4/h3-7,9-12H,1-2H2;(H3,1,2,3,4)/t4?,5-,6+,7-;/m0./s1. The normalized spacial score (nSPS) is 18.0. The van der Waals surface area contributed by atoms with Crippen molar-refractivity contribution < 1.29 is 44.1 Å². The van der Waals surface area contributed by atoms with Crippen molar-refractivity contribution in [3.63, 3.8) is 0 Å². The van der Waals surface area contributed by atoms with Gasteiger partial charge < -0.3 is 35.1 Å². The van der Waals surface area contributed by atoms with E-state index in [1.807, 2.05) is 0 Å². The number of aliphatic hydroxyl groups excluding tert-OH is 4. The third kappa shape index (κ3) is 12.4. The van der Waals surface area contributed by atoms with E-state index in [1.165, 1.54) is 0 Å². The van der Waals surface area contributed by atoms with Gasteiger partial charge in [0.2, 0.25) is 0 Å². The molecule has 11 heteroatoms. The second-order valence-electron chi connectivity index (χ2n) is 3.17. The van der Waals surface area contributed by atoms with Crippen LogP contribution < -0.4 is 0 Å². The molecule has 110 valence electrons. The summed E-state index contributed by atoms with van der Waals surface area (Å²) in [6.45, 7) is -0.807. The summed E-state index contributed by atoms with van der Waals surface area (Å²) >= 11 is 4.32. The van der Waals surface area contributed by atoms with Gasteiger partial charge in [0.25, 0.3) is 0 Å². The fraction of sp³-hybridized carbons (Fsp3) is 0.857. The maximum atomic E-state index is 11.7. The molecule has 0 saturated heterocycles. The Morgan fingerprint density at radius 3 is 1.78 bits per heavy atom. The van der Waals surface area contributed by atoms with E-state index in [-0.39, 0.29) is 6.42 Å². The molecule has 0 saturated carbocycles. The van der Waals surface area contributed by atoms with Crippen LogP contribution >= 0.6 is 20.0 Å². The second kappa shape index (κ2) is 9.84. The van der Waals surface area contributed by atoms with E-state index in [4.69, 9.17) is 39.7 Å². The van der Waals surface area contributed by atoms with Crippen LogP contribution in [0.2, 0.25) is 0 Å². The molecule has 7 N–H and O–H groups in total. The Balaban J connectivity index is 0. The molecule has 1 unspecified atom stereocenters. The number of hydrogen-bond acceptors (Lipinski definition) is 6. The number of halogens is 1. The molecule has 0 aromatic heterocycles. The molecule has 0 radical (unpaired) electrons. The maximum absolute atomic E-state index is 11.7. The van der Waals surface area contributed by atoms with Crippen LogP contribution in [0.15, 0.2) is 0 Å². The lowest BCUT2D eigenvalue weighted by Gasteiger charge is -2.23. The summed E-state index contributed by atoms with van der Waals surface area (Å²) < 4.78 is 20.6. The number of thiocarbonyl (C=S) groups is 1. The summed E-state index contributed by atoms with van der Waals surface area (Å²) in [6, 6.07) is 0. The van der Waals surface area contributed by atoms with Crippen molar-refractivity contribution in [2.24, 2.45) is 0 Å². The predicted molar refractivity (Wildman–Crippen MR) is 62.5 cm³/mol. The Morgan fingerprint density at radius 1 is 1.11 bits per heavy atom. The van der Waals surface area contributed by atoms with Gasteiger partial charge in [-0.25, -0.2) is 4.57 Å². The smallest absolute Gasteiger partial charge is 0.390 e. The highest BCUT2D eigenvalue weighted by molar-refractivity contribution is 7.79. The molecule has 0 amide bonds. The first-order valence-corrected chi connectivity index (χ1v) is 6.60. The number of alkyl halides is 1. The van der Waals surface area contributed by atoms with E-state index < -0.39 is 38.9 Å². The average Bonchev–Trinajstić information content (AvgIpc) is 2.24. The van der Waals surface area contributed by atoms with Crippen molar-refractivity contribution in [1.82, 2.24) is 0 Å². The Hall–Kier alpha value is -0.0300. The Bertz CT molecular complexity index is 266. The monoisotopic (exact) mass is 310 g/mol. The van der Waals surface area contributed by atoms with Gasteiger partial charge in [0.05, 0.1) is 12.8 Å². The van der Waals surface area contributed by atoms with Gasteiger partial charge in [0, 0.05) is 11.8 Å². The van der Waals surface area contributed by atoms with Crippen LogP contribution in [0.5, 0.6) is 0 Å². The van der Waals surface area contributed by atoms with Gasteiger partial charge in [-0.2, -0.15) is 0 Å². The van der Waals surface area contributed by atoms with Crippen molar-refractivity contribution >= 4 is 25.4 Å². The quantitative estimate of drug-likeness (QED) is 0.215. The molecule has 0 bridgehead atoms. The van der Waals surface area contributed by atoms with Crippen LogP contribution in [-0.4, -0.2) is 71.6 Å². The summed E-state index contributed by atoms with van der Waals surface area (Å²) in [5, 5.41) is 37.0. The topological polar surface area (TPSA) is 159 Å². The fourth-order valence-electron chi connectivity index (χ4n) is 0.793. The molecule has 0 heterocycles. The third-order valence-electron chi connectivity index (χ3n) is 1.64. The highest BCUT2D eigenvalue weighted by Gasteiger charge is 2.28. The number of aliphatic hydroxyl groups is 4. The highest BCUT2D eigenvalue weighted by Crippen LogP contribution is 2.25. The van der Waals surface area contributed by atoms with Crippen molar-refractivity contribution in [2.45, 2.75) is 30.8 Å². The fourth-order valence-corrected chi connectivity index (χ4v) is 0.954. The maximum Gasteiger partial charge on any atom is 0.466 e. The van der Waals surface area contributed by atoms with E-state index >= 15 is 0 Å². The highest BCUT2D eigenvalue weighted by atomic mass is 32.1. The van der Waals surface area contributed by atoms with Crippen LogP contribution in [0.1, 0.15) is 6.42 Å². The average molecular weight is 310 g/mol. The van der Waals surface area contributed by atoms with Gasteiger partial charge >= 0.3 is 7.82 Å². The van der Waals surface area contributed by atoms with Crippen LogP contribution in [0.25, 0.3) is 0 Å². The Morgan fingerprint density at radius 2 is 1.50 bits per heavy atom. The molecule has 0 rings (SSSR count). The van der Waals surface area contributed by atoms with Crippen molar-refractivity contribution in [2.75, 3.05) is 6.67 Å². The molecule has 0 aliphatic carbocycles. The van der Waals surface area contributed by atoms with Gasteiger partial charge in [-0.3, -0.25) is 4.39 Å². The first-order chi connectivity index (χ1) is 8.04. The molecule has 8 nitrogen and oxygen atoms in total. The number of hydrogen-bond donors (Lipinski definition) is 7. The summed E-state index contributed by atoms with van der Waals surface area (Å²) in [5.41, 5.74) is 0. The van der Waals surface area contributed by atoms with Crippen LogP contribution in [0.4, 0.5) is 4.39 Å². The second-order valence-corrected chi connectivity index (χ2v) is 4.46. The molecule has 4 atom stereocenters. The largest absolute Gasteiger partial charge is 0.466 e. The van der Waals surface area contributed by atoms with Gasteiger partial charge in [0.15, 0.2) is 0 Å². The van der Waals surface area contributed by atoms with Gasteiger partial charge in [0.1, 0.15) is 18.3 Å². The van der Waals surface area contributed by atoms with Gasteiger partial charge in [-0.1, -0.05) is 12.2 Å². The first kappa shape index (κ1) is 20.3. The predicted octanol–water partition coefficient (Wildman–Crippen LogP) is -2.14. The van der Waals surface area contributed by atoms with E-state index in [0.717, 1.165) is 5.37 Å². The molecule has 0 aliphatic rings. The third-order valence-corrected chi connectivity index (χ3v) is 1.92. The minimum absolute atomic E-state index is 0.289. The zero-order valence-corrected chi connectivity index (χ0v) is 10.8. The Labute approximate surface area is 108 Å². The molecule has 0 aromatic carbocycles. The lowest BCUT2D eigenvalue weighted by Crippen LogP contribution is -2.45. The number of rotatable bonds is 6. The molecular formula is C7H16FO8PS. The van der Waals surface area contributed by atoms with Crippen molar-refractivity contribution in [3.05, 3.63) is 0 Å². The molecule has 0 aliphatic heterocycles. The molecular weight excluding hydrogens is 294 g/mol. The van der Waals surface area contributed by atoms with Crippen LogP contribution in [0, 0.1) is 0 Å². The Kier molecular flexibility index (Phi) is 11.1. The van der Waals surface area contributed by atoms with Gasteiger partial charge in [-0.15, -0.1) is 0 Å². The molecule has 0 aromatic rings. The van der Waals surface area contributed by atoms with E-state index in [1.54, 1.807) is 0 Å². The SMILES string of the molecule is O=P(O)(O)O.OC(CCF)[C@@H](O)[C@@H](O)[C@@H](O)C=S. The zero-order valence-electron chi connectivity index (χ0n) is 9.07. The van der Waals surface area contributed by atoms with Crippen molar-refractivity contribution in [1.29, 1.82) is 0 Å². The van der Waals surface area contributed by atoms with E-state index in [2.05, 4.69) is 12.2 Å². The van der Waals surface area contributed by atoms with Crippen molar-refractivity contribution in [3.8, 4) is 0 Å². The van der Waals surface area contributed by atoms with E-state index in [9.17, 15) is 4.39 Å².